The average Bonchev–Trinajstić information content (AvgIpc) is 2.17. The lowest BCUT2D eigenvalue weighted by Crippen LogP contribution is -2.44. The molecule has 2 heterocycles. The van der Waals surface area contributed by atoms with E-state index in [1.807, 2.05) is 7.05 Å². The fourth-order valence-electron chi connectivity index (χ4n) is 2.42. The molecule has 0 saturated carbocycles. The van der Waals surface area contributed by atoms with Crippen molar-refractivity contribution in [1.82, 2.24) is 4.90 Å². The van der Waals surface area contributed by atoms with E-state index in [1.165, 1.54) is 0 Å². The van der Waals surface area contributed by atoms with Gasteiger partial charge in [-0.3, -0.25) is 4.90 Å². The van der Waals surface area contributed by atoms with Gasteiger partial charge in [0.25, 0.3) is 0 Å². The highest BCUT2D eigenvalue weighted by molar-refractivity contribution is 4.98. The molecule has 64 valence electrons. The standard InChI is InChI=1S/C8H15NO2/c1-9-5-2-6(10)4-7(9)8(11)3-5/h5-8,10-11H,2-4H2,1H3/t5?,6-,7?,8-/m0/s1. The second-order valence-electron chi connectivity index (χ2n) is 3.81. The number of aliphatic hydroxyl groups is 2. The van der Waals surface area contributed by atoms with Gasteiger partial charge < -0.3 is 10.2 Å². The molecule has 2 unspecified atom stereocenters. The SMILES string of the molecule is CN1C2C[C@H](O)CC1[C@@H](O)C2. The monoisotopic (exact) mass is 157 g/mol. The van der Waals surface area contributed by atoms with Crippen molar-refractivity contribution in [2.45, 2.75) is 43.6 Å². The van der Waals surface area contributed by atoms with Gasteiger partial charge in [-0.1, -0.05) is 0 Å². The molecule has 0 aromatic rings. The summed E-state index contributed by atoms with van der Waals surface area (Å²) in [6.45, 7) is 0. The van der Waals surface area contributed by atoms with E-state index in [9.17, 15) is 10.2 Å². The Kier molecular flexibility index (Phi) is 1.67. The summed E-state index contributed by atoms with van der Waals surface area (Å²) in [5, 5.41) is 18.9. The normalized spacial score (nSPS) is 51.5. The molecule has 2 aliphatic heterocycles. The molecular formula is C8H15NO2. The summed E-state index contributed by atoms with van der Waals surface area (Å²) < 4.78 is 0. The van der Waals surface area contributed by atoms with Crippen LogP contribution in [0.25, 0.3) is 0 Å². The number of hydrogen-bond acceptors (Lipinski definition) is 3. The van der Waals surface area contributed by atoms with E-state index in [2.05, 4.69) is 4.90 Å². The van der Waals surface area contributed by atoms with Crippen molar-refractivity contribution in [2.75, 3.05) is 7.05 Å². The van der Waals surface area contributed by atoms with Gasteiger partial charge in [0.05, 0.1) is 12.2 Å². The van der Waals surface area contributed by atoms with E-state index in [4.69, 9.17) is 0 Å². The lowest BCUT2D eigenvalue weighted by molar-refractivity contribution is 0.0282. The molecule has 3 heteroatoms. The molecular weight excluding hydrogens is 142 g/mol. The quantitative estimate of drug-likeness (QED) is 0.501. The molecule has 2 aliphatic rings. The minimum absolute atomic E-state index is 0.182. The predicted molar refractivity (Wildman–Crippen MR) is 41.2 cm³/mol. The maximum absolute atomic E-state index is 9.53. The molecule has 2 fully saturated rings. The minimum atomic E-state index is -0.206. The Balaban J connectivity index is 2.14. The number of piperidine rings is 1. The smallest absolute Gasteiger partial charge is 0.0711 e. The van der Waals surface area contributed by atoms with Gasteiger partial charge in [-0.25, -0.2) is 0 Å². The molecule has 2 rings (SSSR count). The lowest BCUT2D eigenvalue weighted by Gasteiger charge is -2.34. The van der Waals surface area contributed by atoms with Crippen LogP contribution < -0.4 is 0 Å². The van der Waals surface area contributed by atoms with Gasteiger partial charge in [0, 0.05) is 12.1 Å². The second kappa shape index (κ2) is 2.44. The zero-order valence-electron chi connectivity index (χ0n) is 6.77. The summed E-state index contributed by atoms with van der Waals surface area (Å²) in [7, 11) is 2.04. The summed E-state index contributed by atoms with van der Waals surface area (Å²) >= 11 is 0. The lowest BCUT2D eigenvalue weighted by atomic mass is 10.0. The Bertz CT molecular complexity index is 160. The van der Waals surface area contributed by atoms with Crippen LogP contribution in [0.3, 0.4) is 0 Å². The zero-order valence-corrected chi connectivity index (χ0v) is 6.77. The van der Waals surface area contributed by atoms with E-state index >= 15 is 0 Å². The van der Waals surface area contributed by atoms with Crippen LogP contribution in [0.4, 0.5) is 0 Å². The van der Waals surface area contributed by atoms with Crippen molar-refractivity contribution in [3.63, 3.8) is 0 Å². The first-order chi connectivity index (χ1) is 5.18. The Morgan fingerprint density at radius 3 is 2.55 bits per heavy atom. The van der Waals surface area contributed by atoms with Crippen LogP contribution in [-0.4, -0.2) is 46.5 Å². The third-order valence-electron chi connectivity index (χ3n) is 3.11. The van der Waals surface area contributed by atoms with E-state index in [-0.39, 0.29) is 18.2 Å². The molecule has 11 heavy (non-hydrogen) atoms. The molecule has 0 radical (unpaired) electrons. The van der Waals surface area contributed by atoms with Gasteiger partial charge >= 0.3 is 0 Å². The number of likely N-dealkylation sites (N-methyl/N-ethyl adjacent to an activating group) is 1. The molecule has 0 spiro atoms. The fraction of sp³-hybridized carbons (Fsp3) is 1.00. The van der Waals surface area contributed by atoms with Crippen molar-refractivity contribution >= 4 is 0 Å². The average molecular weight is 157 g/mol. The number of hydrogen-bond donors (Lipinski definition) is 2. The first-order valence-corrected chi connectivity index (χ1v) is 4.26. The van der Waals surface area contributed by atoms with Crippen LogP contribution in [0.15, 0.2) is 0 Å². The summed E-state index contributed by atoms with van der Waals surface area (Å²) in [5.74, 6) is 0. The van der Waals surface area contributed by atoms with E-state index in [0.717, 1.165) is 19.3 Å². The predicted octanol–water partition coefficient (Wildman–Crippen LogP) is -0.425. The Hall–Kier alpha value is -0.120. The Labute approximate surface area is 66.6 Å². The first kappa shape index (κ1) is 7.53. The molecule has 2 N–H and O–H groups in total. The van der Waals surface area contributed by atoms with Crippen molar-refractivity contribution in [3.05, 3.63) is 0 Å². The van der Waals surface area contributed by atoms with Crippen molar-refractivity contribution < 1.29 is 10.2 Å². The zero-order chi connectivity index (χ0) is 8.01. The van der Waals surface area contributed by atoms with Gasteiger partial charge in [0.15, 0.2) is 0 Å². The van der Waals surface area contributed by atoms with Crippen molar-refractivity contribution in [1.29, 1.82) is 0 Å². The molecule has 0 aromatic carbocycles. The van der Waals surface area contributed by atoms with Crippen LogP contribution in [0, 0.1) is 0 Å². The summed E-state index contributed by atoms with van der Waals surface area (Å²) in [6, 6.07) is 0.627. The number of nitrogens with zero attached hydrogens (tertiary/aromatic N) is 1. The van der Waals surface area contributed by atoms with Gasteiger partial charge in [0.1, 0.15) is 0 Å². The highest BCUT2D eigenvalue weighted by atomic mass is 16.3. The molecule has 3 nitrogen and oxygen atoms in total. The van der Waals surface area contributed by atoms with E-state index in [1.54, 1.807) is 0 Å². The molecule has 2 saturated heterocycles. The minimum Gasteiger partial charge on any atom is -0.393 e. The fourth-order valence-corrected chi connectivity index (χ4v) is 2.42. The van der Waals surface area contributed by atoms with Gasteiger partial charge in [-0.05, 0) is 26.3 Å². The van der Waals surface area contributed by atoms with Crippen LogP contribution >= 0.6 is 0 Å². The first-order valence-electron chi connectivity index (χ1n) is 4.26. The van der Waals surface area contributed by atoms with Crippen LogP contribution in [0.1, 0.15) is 19.3 Å². The maximum Gasteiger partial charge on any atom is 0.0711 e. The summed E-state index contributed by atoms with van der Waals surface area (Å²) in [5.41, 5.74) is 0. The highest BCUT2D eigenvalue weighted by Crippen LogP contribution is 2.34. The third-order valence-corrected chi connectivity index (χ3v) is 3.11. The highest BCUT2D eigenvalue weighted by Gasteiger charge is 2.43. The molecule has 0 aliphatic carbocycles. The number of rotatable bonds is 0. The number of fused-ring (bicyclic) bond motifs is 2. The second-order valence-corrected chi connectivity index (χ2v) is 3.81. The van der Waals surface area contributed by atoms with Gasteiger partial charge in [-0.2, -0.15) is 0 Å². The third kappa shape index (κ3) is 1.08. The molecule has 0 aromatic heterocycles. The maximum atomic E-state index is 9.53. The van der Waals surface area contributed by atoms with E-state index < -0.39 is 0 Å². The topological polar surface area (TPSA) is 43.7 Å². The van der Waals surface area contributed by atoms with Gasteiger partial charge in [-0.15, -0.1) is 0 Å². The van der Waals surface area contributed by atoms with Crippen LogP contribution in [0.5, 0.6) is 0 Å². The molecule has 2 bridgehead atoms. The summed E-state index contributed by atoms with van der Waals surface area (Å²) in [4.78, 5) is 2.21. The Morgan fingerprint density at radius 2 is 1.91 bits per heavy atom. The van der Waals surface area contributed by atoms with E-state index in [0.29, 0.717) is 6.04 Å². The van der Waals surface area contributed by atoms with Crippen molar-refractivity contribution in [3.8, 4) is 0 Å². The largest absolute Gasteiger partial charge is 0.393 e. The molecule has 0 amide bonds. The van der Waals surface area contributed by atoms with Gasteiger partial charge in [0.2, 0.25) is 0 Å². The Morgan fingerprint density at radius 1 is 1.18 bits per heavy atom. The molecule has 4 atom stereocenters. The summed E-state index contributed by atoms with van der Waals surface area (Å²) in [6.07, 6.45) is 2.04. The van der Waals surface area contributed by atoms with Crippen LogP contribution in [-0.2, 0) is 0 Å². The van der Waals surface area contributed by atoms with Crippen LogP contribution in [0.2, 0.25) is 0 Å². The number of aliphatic hydroxyl groups excluding tert-OH is 2. The van der Waals surface area contributed by atoms with Crippen molar-refractivity contribution in [2.24, 2.45) is 0 Å².